The van der Waals surface area contributed by atoms with Gasteiger partial charge in [-0.15, -0.1) is 0 Å². The van der Waals surface area contributed by atoms with Crippen molar-refractivity contribution >= 4 is 5.91 Å². The molecule has 9 heteroatoms. The van der Waals surface area contributed by atoms with E-state index in [1.54, 1.807) is 0 Å². The summed E-state index contributed by atoms with van der Waals surface area (Å²) in [5, 5.41) is 2.42. The largest absolute Gasteiger partial charge is 0.373 e. The van der Waals surface area contributed by atoms with Crippen LogP contribution in [0.2, 0.25) is 0 Å². The zero-order chi connectivity index (χ0) is 26.7. The molecule has 0 aromatic heterocycles. The van der Waals surface area contributed by atoms with Gasteiger partial charge in [-0.05, 0) is 62.8 Å². The summed E-state index contributed by atoms with van der Waals surface area (Å²) in [6, 6.07) is 5.69. The van der Waals surface area contributed by atoms with Gasteiger partial charge in [-0.1, -0.05) is 18.2 Å². The molecule has 0 bridgehead atoms. The Balaban J connectivity index is 1.45. The van der Waals surface area contributed by atoms with E-state index < -0.39 is 47.8 Å². The molecule has 1 aliphatic heterocycles. The molecule has 202 valence electrons. The van der Waals surface area contributed by atoms with E-state index in [0.717, 1.165) is 38.1 Å². The van der Waals surface area contributed by atoms with E-state index in [0.29, 0.717) is 18.5 Å². The molecule has 2 fully saturated rings. The summed E-state index contributed by atoms with van der Waals surface area (Å²) >= 11 is 0. The third kappa shape index (κ3) is 6.68. The maximum atomic E-state index is 15.2. The highest BCUT2D eigenvalue weighted by atomic mass is 19.3. The zero-order valence-electron chi connectivity index (χ0n) is 21.1. The number of carbonyl (C=O) groups is 1. The summed E-state index contributed by atoms with van der Waals surface area (Å²) in [4.78, 5) is 15.2. The lowest BCUT2D eigenvalue weighted by molar-refractivity contribution is -0.157. The van der Waals surface area contributed by atoms with Crippen LogP contribution < -0.4 is 5.32 Å². The van der Waals surface area contributed by atoms with Crippen LogP contribution in [0.5, 0.6) is 0 Å². The van der Waals surface area contributed by atoms with Gasteiger partial charge in [0.25, 0.3) is 5.92 Å². The number of nitrogens with zero attached hydrogens (tertiary/aromatic N) is 1. The third-order valence-corrected chi connectivity index (χ3v) is 7.32. The van der Waals surface area contributed by atoms with Crippen molar-refractivity contribution in [2.75, 3.05) is 13.1 Å². The maximum absolute atomic E-state index is 15.2. The topological polar surface area (TPSA) is 41.6 Å². The molecule has 1 amide bonds. The first-order valence-electron chi connectivity index (χ1n) is 12.8. The van der Waals surface area contributed by atoms with Gasteiger partial charge in [0, 0.05) is 37.2 Å². The van der Waals surface area contributed by atoms with E-state index in [1.807, 2.05) is 0 Å². The van der Waals surface area contributed by atoms with E-state index in [4.69, 9.17) is 4.74 Å². The Hall–Kier alpha value is -2.52. The lowest BCUT2D eigenvalue weighted by Gasteiger charge is -2.41. The van der Waals surface area contributed by atoms with Gasteiger partial charge in [-0.3, -0.25) is 4.79 Å². The fraction of sp³-hybridized carbons (Fsp3) is 0.536. The number of benzene rings is 2. The second-order valence-corrected chi connectivity index (χ2v) is 10.3. The molecule has 1 saturated heterocycles. The quantitative estimate of drug-likeness (QED) is 0.461. The summed E-state index contributed by atoms with van der Waals surface area (Å²) < 4.78 is 78.4. The zero-order valence-corrected chi connectivity index (χ0v) is 21.1. The van der Waals surface area contributed by atoms with Crippen molar-refractivity contribution in [3.8, 4) is 11.1 Å². The fourth-order valence-electron chi connectivity index (χ4n) is 5.30. The highest BCUT2D eigenvalue weighted by molar-refractivity contribution is 5.80. The molecule has 2 aliphatic rings. The number of amides is 1. The van der Waals surface area contributed by atoms with Crippen molar-refractivity contribution in [2.24, 2.45) is 0 Å². The van der Waals surface area contributed by atoms with Crippen molar-refractivity contribution in [3.63, 3.8) is 0 Å². The van der Waals surface area contributed by atoms with Gasteiger partial charge in [0.2, 0.25) is 5.91 Å². The smallest absolute Gasteiger partial charge is 0.270 e. The van der Waals surface area contributed by atoms with Gasteiger partial charge < -0.3 is 15.0 Å². The monoisotopic (exact) mass is 524 g/mol. The number of hydrogen-bond acceptors (Lipinski definition) is 3. The minimum absolute atomic E-state index is 0.0203. The second-order valence-electron chi connectivity index (χ2n) is 10.3. The molecule has 1 aliphatic carbocycles. The fourth-order valence-corrected chi connectivity index (χ4v) is 5.30. The van der Waals surface area contributed by atoms with Crippen LogP contribution in [0.3, 0.4) is 0 Å². The number of halogens is 5. The normalized spacial score (nSPS) is 22.8. The number of ether oxygens (including phenoxy) is 1. The summed E-state index contributed by atoms with van der Waals surface area (Å²) in [7, 11) is 0. The van der Waals surface area contributed by atoms with Crippen molar-refractivity contribution in [1.29, 1.82) is 0 Å². The molecular weight excluding hydrogens is 491 g/mol. The first-order chi connectivity index (χ1) is 17.5. The van der Waals surface area contributed by atoms with Crippen molar-refractivity contribution in [1.82, 2.24) is 10.2 Å². The van der Waals surface area contributed by atoms with E-state index in [9.17, 15) is 22.4 Å². The molecule has 1 N–H and O–H groups in total. The first kappa shape index (κ1) is 27.5. The number of nitrogens with one attached hydrogen (secondary N) is 1. The predicted molar refractivity (Wildman–Crippen MR) is 131 cm³/mol. The van der Waals surface area contributed by atoms with E-state index in [-0.39, 0.29) is 35.6 Å². The molecule has 2 aromatic rings. The highest BCUT2D eigenvalue weighted by Crippen LogP contribution is 2.36. The lowest BCUT2D eigenvalue weighted by atomic mass is 9.88. The van der Waals surface area contributed by atoms with Crippen LogP contribution in [0, 0.1) is 17.5 Å². The Kier molecular flexibility index (Phi) is 8.53. The van der Waals surface area contributed by atoms with E-state index in [1.165, 1.54) is 18.2 Å². The SMILES string of the molecule is CC(C)N1CCC(O[C@H]2CCCC(F)(F)[C@@H]2NC(=O)Cc2cccc(-c3cc(F)cc(F)c3)c2F)CC1. The van der Waals surface area contributed by atoms with Crippen molar-refractivity contribution < 1.29 is 31.5 Å². The third-order valence-electron chi connectivity index (χ3n) is 7.32. The minimum Gasteiger partial charge on any atom is -0.373 e. The molecule has 0 unspecified atom stereocenters. The summed E-state index contributed by atoms with van der Waals surface area (Å²) in [6.45, 7) is 5.88. The van der Waals surface area contributed by atoms with Crippen LogP contribution in [-0.2, 0) is 16.0 Å². The van der Waals surface area contributed by atoms with Crippen LogP contribution in [-0.4, -0.2) is 54.1 Å². The number of likely N-dealkylation sites (tertiary alicyclic amines) is 1. The predicted octanol–water partition coefficient (Wildman–Crippen LogP) is 5.88. The van der Waals surface area contributed by atoms with Gasteiger partial charge in [0.05, 0.1) is 18.6 Å². The molecule has 2 aromatic carbocycles. The Bertz CT molecular complexity index is 1080. The molecule has 1 heterocycles. The van der Waals surface area contributed by atoms with Gasteiger partial charge in [0.1, 0.15) is 23.5 Å². The van der Waals surface area contributed by atoms with Crippen LogP contribution in [0.25, 0.3) is 11.1 Å². The first-order valence-corrected chi connectivity index (χ1v) is 12.8. The van der Waals surface area contributed by atoms with Gasteiger partial charge in [-0.2, -0.15) is 0 Å². The Labute approximate surface area is 214 Å². The number of rotatable bonds is 7. The summed E-state index contributed by atoms with van der Waals surface area (Å²) in [5.74, 6) is -6.48. The molecular formula is C28H33F5N2O2. The van der Waals surface area contributed by atoms with Gasteiger partial charge in [-0.25, -0.2) is 22.0 Å². The van der Waals surface area contributed by atoms with Gasteiger partial charge >= 0.3 is 0 Å². The van der Waals surface area contributed by atoms with Crippen molar-refractivity contribution in [3.05, 3.63) is 59.4 Å². The van der Waals surface area contributed by atoms with Crippen LogP contribution >= 0.6 is 0 Å². The number of alkyl halides is 2. The number of hydrogen-bond donors (Lipinski definition) is 1. The van der Waals surface area contributed by atoms with Crippen LogP contribution in [0.15, 0.2) is 36.4 Å². The molecule has 0 radical (unpaired) electrons. The van der Waals surface area contributed by atoms with Crippen molar-refractivity contribution in [2.45, 2.75) is 82.6 Å². The Morgan fingerprint density at radius 2 is 1.76 bits per heavy atom. The standard InChI is InChI=1S/C28H33F5N2O2/c1-17(2)35-11-8-22(9-12-35)37-24-7-4-10-28(32,33)27(24)34-25(36)15-18-5-3-6-23(26(18)31)19-13-20(29)16-21(30)14-19/h3,5-6,13-14,16-17,22,24,27H,4,7-12,15H2,1-2H3,(H,34,36)/t24-,27+/m0/s1. The van der Waals surface area contributed by atoms with E-state index >= 15 is 4.39 Å². The Morgan fingerprint density at radius 3 is 2.41 bits per heavy atom. The minimum atomic E-state index is -3.16. The molecule has 1 saturated carbocycles. The maximum Gasteiger partial charge on any atom is 0.270 e. The highest BCUT2D eigenvalue weighted by Gasteiger charge is 2.49. The summed E-state index contributed by atoms with van der Waals surface area (Å²) in [5.41, 5.74) is -0.161. The lowest BCUT2D eigenvalue weighted by Crippen LogP contribution is -2.58. The second kappa shape index (κ2) is 11.5. The van der Waals surface area contributed by atoms with E-state index in [2.05, 4.69) is 24.1 Å². The molecule has 4 nitrogen and oxygen atoms in total. The average molecular weight is 525 g/mol. The van der Waals surface area contributed by atoms with Crippen LogP contribution in [0.1, 0.15) is 51.5 Å². The number of piperidine rings is 1. The van der Waals surface area contributed by atoms with Gasteiger partial charge in [0.15, 0.2) is 0 Å². The molecule has 0 spiro atoms. The molecule has 2 atom stereocenters. The number of carbonyl (C=O) groups excluding carboxylic acids is 1. The summed E-state index contributed by atoms with van der Waals surface area (Å²) in [6.07, 6.45) is 0.306. The van der Waals surface area contributed by atoms with Crippen LogP contribution in [0.4, 0.5) is 22.0 Å². The Morgan fingerprint density at radius 1 is 1.08 bits per heavy atom. The molecule has 37 heavy (non-hydrogen) atoms. The average Bonchev–Trinajstić information content (AvgIpc) is 2.82. The molecule has 4 rings (SSSR count).